The molecule has 10 aromatic heterocycles. The highest BCUT2D eigenvalue weighted by atomic mass is 16.5. The number of anilines is 11. The van der Waals surface area contributed by atoms with Crippen LogP contribution in [-0.2, 0) is 114 Å². The van der Waals surface area contributed by atoms with Crippen LogP contribution in [0.3, 0.4) is 0 Å². The van der Waals surface area contributed by atoms with E-state index in [9.17, 15) is 91.1 Å². The topological polar surface area (TPSA) is 654 Å². The zero-order chi connectivity index (χ0) is 108. The molecule has 0 aliphatic carbocycles. The third-order valence-electron chi connectivity index (χ3n) is 22.7. The Hall–Kier alpha value is -18.4. The number of esters is 1. The van der Waals surface area contributed by atoms with E-state index >= 15 is 0 Å². The second-order valence-electron chi connectivity index (χ2n) is 35.1. The number of amides is 18. The molecule has 0 fully saturated rings. The van der Waals surface area contributed by atoms with Gasteiger partial charge in [-0.15, -0.1) is 0 Å². The first-order chi connectivity index (χ1) is 71.0. The molecule has 0 atom stereocenters. The van der Waals surface area contributed by atoms with Gasteiger partial charge in [-0.3, -0.25) is 91.1 Å². The predicted octanol–water partition coefficient (Wildman–Crippen LogP) is 3.74. The molecule has 0 spiro atoms. The van der Waals surface area contributed by atoms with Crippen molar-refractivity contribution in [2.45, 2.75) is 89.9 Å². The summed E-state index contributed by atoms with van der Waals surface area (Å²) in [5, 5.41) is 48.4. The number of hydrogen-bond donors (Lipinski definition) is 18. The molecule has 790 valence electrons. The first-order valence-electron chi connectivity index (χ1n) is 47.3. The lowest BCUT2D eigenvalue weighted by Gasteiger charge is -2.10. The molecule has 0 aliphatic heterocycles. The van der Waals surface area contributed by atoms with Crippen LogP contribution in [0.2, 0.25) is 0 Å². The minimum Gasteiger partial charge on any atom is -0.469 e. The minimum atomic E-state index is -0.760. The Morgan fingerprint density at radius 2 is 0.510 bits per heavy atom. The summed E-state index contributed by atoms with van der Waals surface area (Å²) in [5.74, 6) is -9.88. The van der Waals surface area contributed by atoms with E-state index in [2.05, 4.69) is 120 Å². The minimum absolute atomic E-state index is 0.00129. The van der Waals surface area contributed by atoms with Crippen LogP contribution in [0.4, 0.5) is 63.1 Å². The van der Waals surface area contributed by atoms with Gasteiger partial charge in [0.05, 0.1) is 41.2 Å². The lowest BCUT2D eigenvalue weighted by molar-refractivity contribution is -0.140. The van der Waals surface area contributed by atoms with E-state index < -0.39 is 94.5 Å². The van der Waals surface area contributed by atoms with Crippen molar-refractivity contribution in [3.05, 3.63) is 186 Å². The average Bonchev–Trinajstić information content (AvgIpc) is 1.67. The van der Waals surface area contributed by atoms with Crippen molar-refractivity contribution in [3.63, 3.8) is 0 Å². The highest BCUT2D eigenvalue weighted by molar-refractivity contribution is 6.11. The average molecular weight is 2060 g/mol. The number of nitrogens with one attached hydrogen (secondary N) is 18. The predicted molar refractivity (Wildman–Crippen MR) is 546 cm³/mol. The van der Waals surface area contributed by atoms with Crippen molar-refractivity contribution < 1.29 is 95.8 Å². The van der Waals surface area contributed by atoms with Crippen LogP contribution in [0.15, 0.2) is 123 Å². The molecular weight excluding hydrogens is 1940 g/mol. The lowest BCUT2D eigenvalue weighted by atomic mass is 10.1. The maximum atomic E-state index is 13.7. The lowest BCUT2D eigenvalue weighted by Crippen LogP contribution is -2.32. The Kier molecular flexibility index (Phi) is 38.9. The Balaban J connectivity index is 0.531. The SMILES string of the molecule is COC(=O)CCCCCCC(=O)Nc1ccc(C(=O)NCCC(=O)NCCC(=O)Nc2cc(C(=O)Nc3cc(C(=O)NCCC(=O)Nc4cc(C(=O)Nc5cc(C(=O)Nc6cc(C(=O)NCCCC(=O)Nc7cn(C)c(C(=O)Nc8cn(C)c(C(=O)Nc9cn(C)c(C(=O)NCCC(=O)Nc%10cc(C(=O)Nc%11cn(C)c(C(=O)NCCC(=O)NCCCN(C)C)n%11)n(C)c%10)n9)n8)n7)n(C)c6)n(C)c5)n(C)c4)n(C)c3)n(C)c2)cc1. The van der Waals surface area contributed by atoms with Crippen LogP contribution in [-0.4, -0.2) is 256 Å². The molecule has 0 saturated carbocycles. The van der Waals surface area contributed by atoms with Crippen LogP contribution in [0.5, 0.6) is 0 Å². The summed E-state index contributed by atoms with van der Waals surface area (Å²) < 4.78 is 19.0. The highest BCUT2D eigenvalue weighted by Gasteiger charge is 2.28. The summed E-state index contributed by atoms with van der Waals surface area (Å²) in [4.78, 5) is 266. The Labute approximate surface area is 853 Å². The summed E-state index contributed by atoms with van der Waals surface area (Å²) in [5.41, 5.74) is 3.38. The van der Waals surface area contributed by atoms with Crippen LogP contribution < -0.4 is 95.7 Å². The maximum Gasteiger partial charge on any atom is 0.305 e. The molecular formula is C96H121N33O20. The van der Waals surface area contributed by atoms with Gasteiger partial charge in [-0.1, -0.05) is 12.8 Å². The first kappa shape index (κ1) is 111. The standard InChI is InChI=1S/C96H121N33O20/c1-119(2)39-19-33-97-74(130)28-36-102-93(145)82-113-71(53-126(82)9)116-92(144)69-42-60(48-124(69)7)107-80(136)31-38-103-94(146)83-114-72(54-127(83)10)117-96(148)85-115-73(55-129(85)12)118-95(147)84-112-70(52-128(84)11)111-77(133)21-18-32-99-87(139)64-43-61(49-120(64)3)109-91(143)68-45-63(51-125(68)8)110-90(142)67-41-59(47-123(67)6)106-79(135)30-37-101-88(140)65-44-62(50-121(65)4)108-89(141)66-40-58(46-122(66)5)105-78(134)29-34-98-75(131)27-35-100-86(138)56-23-25-57(26-24-56)104-76(132)20-16-14-15-17-22-81(137)149-13/h23-26,40-55H,14-22,27-39H2,1-13H3,(H,97,130)(H,98,131)(H,99,139)(H,100,138)(H,101,140)(H,102,145)(H,103,146)(H,104,132)(H,105,134)(H,106,135)(H,107,136)(H,108,141)(H,109,143)(H,110,142)(H,111,133)(H,116,144)(H,117,148)(H,118,147). The number of hydrogen-bond acceptors (Lipinski definition) is 25. The second-order valence-corrected chi connectivity index (χ2v) is 35.1. The molecule has 0 unspecified atom stereocenters. The van der Waals surface area contributed by atoms with Crippen molar-refractivity contribution in [3.8, 4) is 0 Å². The molecule has 149 heavy (non-hydrogen) atoms. The molecule has 53 nitrogen and oxygen atoms in total. The van der Waals surface area contributed by atoms with Gasteiger partial charge in [-0.2, -0.15) is 0 Å². The van der Waals surface area contributed by atoms with Gasteiger partial charge in [0.1, 0.15) is 34.2 Å². The molecule has 10 heterocycles. The Morgan fingerprint density at radius 1 is 0.242 bits per heavy atom. The van der Waals surface area contributed by atoms with E-state index in [-0.39, 0.29) is 211 Å². The number of unbranched alkanes of at least 4 members (excludes halogenated alkanes) is 3. The number of benzene rings is 1. The van der Waals surface area contributed by atoms with Crippen LogP contribution in [0, 0.1) is 0 Å². The summed E-state index contributed by atoms with van der Waals surface area (Å²) in [7, 11) is 20.9. The van der Waals surface area contributed by atoms with Crippen LogP contribution in [0.1, 0.15) is 206 Å². The van der Waals surface area contributed by atoms with E-state index in [1.165, 1.54) is 172 Å². The molecule has 11 rings (SSSR count). The van der Waals surface area contributed by atoms with E-state index in [0.717, 1.165) is 25.8 Å². The van der Waals surface area contributed by atoms with E-state index in [4.69, 9.17) is 0 Å². The molecule has 18 amide bonds. The summed E-state index contributed by atoms with van der Waals surface area (Å²) in [6.45, 7) is 1.25. The zero-order valence-electron chi connectivity index (χ0n) is 84.5. The zero-order valence-corrected chi connectivity index (χ0v) is 84.5. The van der Waals surface area contributed by atoms with Crippen LogP contribution in [0.25, 0.3) is 0 Å². The van der Waals surface area contributed by atoms with Crippen molar-refractivity contribution in [1.82, 2.24) is 108 Å². The molecule has 0 aliphatic rings. The third-order valence-corrected chi connectivity index (χ3v) is 22.7. The summed E-state index contributed by atoms with van der Waals surface area (Å²) in [6, 6.07) is 15.0. The molecule has 11 aromatic rings. The van der Waals surface area contributed by atoms with Crippen molar-refractivity contribution in [1.29, 1.82) is 0 Å². The number of methoxy groups -OCH3 is 1. The first-order valence-corrected chi connectivity index (χ1v) is 47.3. The normalized spacial score (nSPS) is 10.9. The fourth-order valence-electron chi connectivity index (χ4n) is 15.2. The number of carbonyl (C=O) groups is 19. The highest BCUT2D eigenvalue weighted by Crippen LogP contribution is 2.26. The number of aromatic nitrogens is 14. The number of carbonyl (C=O) groups excluding carboxylic acids is 19. The third kappa shape index (κ3) is 32.6. The second kappa shape index (κ2) is 52.2. The maximum absolute atomic E-state index is 13.7. The van der Waals surface area contributed by atoms with Crippen molar-refractivity contribution in [2.24, 2.45) is 70.5 Å². The van der Waals surface area contributed by atoms with E-state index in [0.29, 0.717) is 49.2 Å². The molecule has 18 N–H and O–H groups in total. The molecule has 0 radical (unpaired) electrons. The Morgan fingerprint density at radius 3 is 0.886 bits per heavy atom. The number of imidazole rings is 4. The monoisotopic (exact) mass is 2060 g/mol. The fraction of sp³-hybridized carbons (Fsp3) is 0.365. The van der Waals surface area contributed by atoms with Crippen LogP contribution >= 0.6 is 0 Å². The summed E-state index contributed by atoms with van der Waals surface area (Å²) in [6.07, 6.45) is 18.7. The smallest absolute Gasteiger partial charge is 0.305 e. The summed E-state index contributed by atoms with van der Waals surface area (Å²) >= 11 is 0. The number of nitrogens with zero attached hydrogens (tertiary/aromatic N) is 15. The molecule has 1 aromatic carbocycles. The van der Waals surface area contributed by atoms with Gasteiger partial charge in [0.25, 0.3) is 65.0 Å². The van der Waals surface area contributed by atoms with Gasteiger partial charge in [0.15, 0.2) is 23.3 Å². The van der Waals surface area contributed by atoms with Crippen molar-refractivity contribution in [2.75, 3.05) is 132 Å². The van der Waals surface area contributed by atoms with Gasteiger partial charge in [0, 0.05) is 241 Å². The van der Waals surface area contributed by atoms with Gasteiger partial charge in [0.2, 0.25) is 64.6 Å². The number of rotatable bonds is 52. The van der Waals surface area contributed by atoms with Gasteiger partial charge >= 0.3 is 5.97 Å². The fourth-order valence-corrected chi connectivity index (χ4v) is 15.2. The van der Waals surface area contributed by atoms with Gasteiger partial charge in [-0.25, -0.2) is 19.9 Å². The van der Waals surface area contributed by atoms with E-state index in [1.807, 2.05) is 19.0 Å². The number of ether oxygens (including phenoxy) is 1. The van der Waals surface area contributed by atoms with Gasteiger partial charge < -0.3 is 151 Å². The number of aryl methyl sites for hydroxylation is 10. The largest absolute Gasteiger partial charge is 0.469 e. The molecule has 53 heteroatoms. The quantitative estimate of drug-likeness (QED) is 0.0191. The van der Waals surface area contributed by atoms with E-state index in [1.54, 1.807) is 73.6 Å². The van der Waals surface area contributed by atoms with Crippen molar-refractivity contribution >= 4 is 175 Å². The van der Waals surface area contributed by atoms with Gasteiger partial charge in [-0.05, 0) is 107 Å². The Bertz CT molecular complexity index is 6860. The molecule has 0 saturated heterocycles. The molecule has 0 bridgehead atoms.